The molecule has 0 fully saturated rings. The van der Waals surface area contributed by atoms with E-state index in [1.165, 1.54) is 0 Å². The predicted molar refractivity (Wildman–Crippen MR) is 72.4 cm³/mol. The van der Waals surface area contributed by atoms with E-state index in [4.69, 9.17) is 6.42 Å². The van der Waals surface area contributed by atoms with Crippen LogP contribution in [-0.4, -0.2) is 19.0 Å². The van der Waals surface area contributed by atoms with Crippen molar-refractivity contribution >= 4 is 21.8 Å². The fourth-order valence-corrected chi connectivity index (χ4v) is 1.64. The van der Waals surface area contributed by atoms with E-state index >= 15 is 0 Å². The van der Waals surface area contributed by atoms with Gasteiger partial charge in [0.25, 0.3) is 0 Å². The lowest BCUT2D eigenvalue weighted by Gasteiger charge is -2.14. The minimum atomic E-state index is -0.0596. The number of amides is 1. The standard InChI is InChI=1S/C13H15BrN2O/c1-3-8-15-9-13(17)16-10(2)11-4-6-12(14)7-5-11/h1,4-7,10,15H,8-9H2,2H3,(H,16,17)/t10-/m1/s1. The summed E-state index contributed by atoms with van der Waals surface area (Å²) in [6, 6.07) is 7.85. The molecule has 3 nitrogen and oxygen atoms in total. The molecule has 1 aromatic rings. The highest BCUT2D eigenvalue weighted by atomic mass is 79.9. The monoisotopic (exact) mass is 294 g/mol. The van der Waals surface area contributed by atoms with Gasteiger partial charge in [-0.05, 0) is 24.6 Å². The fourth-order valence-electron chi connectivity index (χ4n) is 1.38. The number of halogens is 1. The van der Waals surface area contributed by atoms with E-state index in [0.717, 1.165) is 10.0 Å². The van der Waals surface area contributed by atoms with Crippen LogP contribution in [-0.2, 0) is 4.79 Å². The lowest BCUT2D eigenvalue weighted by Crippen LogP contribution is -2.35. The third kappa shape index (κ3) is 5.03. The Balaban J connectivity index is 2.43. The topological polar surface area (TPSA) is 41.1 Å². The number of nitrogens with one attached hydrogen (secondary N) is 2. The zero-order chi connectivity index (χ0) is 12.7. The van der Waals surface area contributed by atoms with Crippen molar-refractivity contribution in [3.63, 3.8) is 0 Å². The Morgan fingerprint density at radius 1 is 1.47 bits per heavy atom. The molecule has 1 rings (SSSR count). The van der Waals surface area contributed by atoms with Crippen molar-refractivity contribution in [2.24, 2.45) is 0 Å². The van der Waals surface area contributed by atoms with Crippen LogP contribution in [0, 0.1) is 12.3 Å². The molecule has 2 N–H and O–H groups in total. The third-order valence-corrected chi connectivity index (χ3v) is 2.79. The van der Waals surface area contributed by atoms with Gasteiger partial charge >= 0.3 is 0 Å². The number of carbonyl (C=O) groups is 1. The van der Waals surface area contributed by atoms with Crippen LogP contribution in [0.4, 0.5) is 0 Å². The van der Waals surface area contributed by atoms with Gasteiger partial charge in [0.05, 0.1) is 19.1 Å². The molecule has 0 aliphatic carbocycles. The first kappa shape index (κ1) is 13.8. The molecule has 4 heteroatoms. The normalized spacial score (nSPS) is 11.6. The molecule has 0 radical (unpaired) electrons. The molecule has 0 saturated heterocycles. The maximum Gasteiger partial charge on any atom is 0.234 e. The van der Waals surface area contributed by atoms with Crippen molar-refractivity contribution in [2.45, 2.75) is 13.0 Å². The van der Waals surface area contributed by atoms with E-state index in [1.807, 2.05) is 31.2 Å². The largest absolute Gasteiger partial charge is 0.348 e. The van der Waals surface area contributed by atoms with Crippen molar-refractivity contribution in [1.29, 1.82) is 0 Å². The summed E-state index contributed by atoms with van der Waals surface area (Å²) in [6.07, 6.45) is 5.07. The zero-order valence-electron chi connectivity index (χ0n) is 9.66. The van der Waals surface area contributed by atoms with Crippen LogP contribution in [0.15, 0.2) is 28.7 Å². The lowest BCUT2D eigenvalue weighted by molar-refractivity contribution is -0.120. The van der Waals surface area contributed by atoms with Gasteiger partial charge in [0.15, 0.2) is 0 Å². The zero-order valence-corrected chi connectivity index (χ0v) is 11.3. The van der Waals surface area contributed by atoms with E-state index in [-0.39, 0.29) is 18.5 Å². The second-order valence-electron chi connectivity index (χ2n) is 3.65. The first-order valence-electron chi connectivity index (χ1n) is 5.32. The molecule has 1 amide bonds. The highest BCUT2D eigenvalue weighted by Crippen LogP contribution is 2.16. The SMILES string of the molecule is C#CCNCC(=O)N[C@H](C)c1ccc(Br)cc1. The number of hydrogen-bond acceptors (Lipinski definition) is 2. The Morgan fingerprint density at radius 3 is 2.71 bits per heavy atom. The average molecular weight is 295 g/mol. The van der Waals surface area contributed by atoms with Gasteiger partial charge in [-0.3, -0.25) is 10.1 Å². The number of hydrogen-bond donors (Lipinski definition) is 2. The molecule has 0 heterocycles. The highest BCUT2D eigenvalue weighted by Gasteiger charge is 2.08. The maximum absolute atomic E-state index is 11.5. The summed E-state index contributed by atoms with van der Waals surface area (Å²) in [7, 11) is 0. The van der Waals surface area contributed by atoms with Crippen molar-refractivity contribution in [3.05, 3.63) is 34.3 Å². The summed E-state index contributed by atoms with van der Waals surface area (Å²) < 4.78 is 1.02. The molecule has 17 heavy (non-hydrogen) atoms. The van der Waals surface area contributed by atoms with Crippen LogP contribution in [0.2, 0.25) is 0 Å². The molecule has 0 aromatic heterocycles. The summed E-state index contributed by atoms with van der Waals surface area (Å²) in [4.78, 5) is 11.5. The second-order valence-corrected chi connectivity index (χ2v) is 4.56. The van der Waals surface area contributed by atoms with Crippen LogP contribution in [0.25, 0.3) is 0 Å². The van der Waals surface area contributed by atoms with Crippen molar-refractivity contribution in [1.82, 2.24) is 10.6 Å². The molecular weight excluding hydrogens is 280 g/mol. The molecule has 0 aliphatic rings. The fraction of sp³-hybridized carbons (Fsp3) is 0.308. The Morgan fingerprint density at radius 2 is 2.12 bits per heavy atom. The quantitative estimate of drug-likeness (QED) is 0.643. The summed E-state index contributed by atoms with van der Waals surface area (Å²) >= 11 is 3.37. The number of rotatable bonds is 5. The van der Waals surface area contributed by atoms with Gasteiger partial charge in [0.2, 0.25) is 5.91 Å². The Hall–Kier alpha value is -1.31. The van der Waals surface area contributed by atoms with Crippen LogP contribution in [0.5, 0.6) is 0 Å². The van der Waals surface area contributed by atoms with Crippen LogP contribution < -0.4 is 10.6 Å². The van der Waals surface area contributed by atoms with E-state index in [9.17, 15) is 4.79 Å². The van der Waals surface area contributed by atoms with Crippen molar-refractivity contribution in [2.75, 3.05) is 13.1 Å². The minimum Gasteiger partial charge on any atom is -0.348 e. The van der Waals surface area contributed by atoms with E-state index in [2.05, 4.69) is 32.5 Å². The van der Waals surface area contributed by atoms with Gasteiger partial charge < -0.3 is 5.32 Å². The summed E-state index contributed by atoms with van der Waals surface area (Å²) in [5.41, 5.74) is 1.07. The van der Waals surface area contributed by atoms with E-state index < -0.39 is 0 Å². The Labute approximate surface area is 110 Å². The van der Waals surface area contributed by atoms with Gasteiger partial charge in [0, 0.05) is 4.47 Å². The highest BCUT2D eigenvalue weighted by molar-refractivity contribution is 9.10. The van der Waals surface area contributed by atoms with Gasteiger partial charge in [0.1, 0.15) is 0 Å². The molecule has 1 aromatic carbocycles. The van der Waals surface area contributed by atoms with Crippen molar-refractivity contribution in [3.8, 4) is 12.3 Å². The van der Waals surface area contributed by atoms with Crippen molar-refractivity contribution < 1.29 is 4.79 Å². The molecule has 0 spiro atoms. The van der Waals surface area contributed by atoms with E-state index in [1.54, 1.807) is 0 Å². The third-order valence-electron chi connectivity index (χ3n) is 2.26. The first-order chi connectivity index (χ1) is 8.13. The Bertz CT molecular complexity index is 408. The summed E-state index contributed by atoms with van der Waals surface area (Å²) in [5, 5.41) is 5.73. The first-order valence-corrected chi connectivity index (χ1v) is 6.12. The molecule has 1 atom stereocenters. The number of terminal acetylenes is 1. The van der Waals surface area contributed by atoms with Crippen LogP contribution in [0.1, 0.15) is 18.5 Å². The molecular formula is C13H15BrN2O. The molecule has 0 aliphatic heterocycles. The van der Waals surface area contributed by atoms with Gasteiger partial charge in [-0.2, -0.15) is 0 Å². The number of carbonyl (C=O) groups excluding carboxylic acids is 1. The average Bonchev–Trinajstić information content (AvgIpc) is 2.30. The van der Waals surface area contributed by atoms with Crippen LogP contribution >= 0.6 is 15.9 Å². The van der Waals surface area contributed by atoms with Gasteiger partial charge in [-0.1, -0.05) is 34.0 Å². The van der Waals surface area contributed by atoms with Crippen LogP contribution in [0.3, 0.4) is 0 Å². The smallest absolute Gasteiger partial charge is 0.234 e. The molecule has 0 bridgehead atoms. The lowest BCUT2D eigenvalue weighted by atomic mass is 10.1. The molecule has 90 valence electrons. The molecule has 0 unspecified atom stereocenters. The second kappa shape index (κ2) is 7.10. The van der Waals surface area contributed by atoms with Gasteiger partial charge in [-0.15, -0.1) is 6.42 Å². The summed E-state index contributed by atoms with van der Waals surface area (Å²) in [6.45, 7) is 2.59. The Kier molecular flexibility index (Phi) is 5.75. The number of benzene rings is 1. The molecule has 0 saturated carbocycles. The minimum absolute atomic E-state index is 0.0109. The van der Waals surface area contributed by atoms with Gasteiger partial charge in [-0.25, -0.2) is 0 Å². The summed E-state index contributed by atoms with van der Waals surface area (Å²) in [5.74, 6) is 2.36. The maximum atomic E-state index is 11.5. The predicted octanol–water partition coefficient (Wildman–Crippen LogP) is 1.85. The van der Waals surface area contributed by atoms with E-state index in [0.29, 0.717) is 6.54 Å².